The molecule has 7 heteroatoms. The summed E-state index contributed by atoms with van der Waals surface area (Å²) in [6.07, 6.45) is 0.516. The summed E-state index contributed by atoms with van der Waals surface area (Å²) in [5.41, 5.74) is 5.78. The fourth-order valence-electron chi connectivity index (χ4n) is 4.45. The van der Waals surface area contributed by atoms with E-state index in [1.54, 1.807) is 18.0 Å². The number of benzene rings is 3. The van der Waals surface area contributed by atoms with Gasteiger partial charge in [-0.3, -0.25) is 14.4 Å². The van der Waals surface area contributed by atoms with E-state index in [1.807, 2.05) is 50.5 Å². The SMILES string of the molecule is CC(=O)c1ccc2c(c1)/C(=C(/[Si]c1ccc(CN(C)C)cc1)c1ccc(CCC(=O)O)cc1)C(=O)N2C. The van der Waals surface area contributed by atoms with Crippen LogP contribution in [0.1, 0.15) is 46.0 Å². The van der Waals surface area contributed by atoms with E-state index < -0.39 is 5.97 Å². The third-order valence-corrected chi connectivity index (χ3v) is 7.81. The molecule has 0 fully saturated rings. The molecule has 37 heavy (non-hydrogen) atoms. The molecule has 2 radical (unpaired) electrons. The first-order chi connectivity index (χ1) is 17.6. The third-order valence-electron chi connectivity index (χ3n) is 6.39. The Morgan fingerprint density at radius 3 is 2.14 bits per heavy atom. The highest BCUT2D eigenvalue weighted by Crippen LogP contribution is 2.40. The highest BCUT2D eigenvalue weighted by Gasteiger charge is 2.33. The molecule has 0 saturated carbocycles. The number of aryl methyl sites for hydroxylation is 1. The summed E-state index contributed by atoms with van der Waals surface area (Å²) in [7, 11) is 6.04. The highest BCUT2D eigenvalue weighted by atomic mass is 28.2. The van der Waals surface area contributed by atoms with Crippen molar-refractivity contribution in [3.63, 3.8) is 0 Å². The molecule has 3 aromatic rings. The number of likely N-dealkylation sites (N-methyl/N-ethyl adjacent to an activating group) is 1. The number of fused-ring (bicyclic) bond motifs is 1. The van der Waals surface area contributed by atoms with Crippen LogP contribution in [0.3, 0.4) is 0 Å². The molecule has 188 valence electrons. The van der Waals surface area contributed by atoms with Crippen LogP contribution < -0.4 is 10.1 Å². The number of anilines is 1. The molecule has 4 rings (SSSR count). The monoisotopic (exact) mass is 510 g/mol. The second kappa shape index (κ2) is 11.1. The number of carboxylic acid groups (broad SMARTS) is 1. The van der Waals surface area contributed by atoms with Crippen LogP contribution in [0.15, 0.2) is 66.7 Å². The van der Waals surface area contributed by atoms with Crippen molar-refractivity contribution in [2.45, 2.75) is 26.3 Å². The lowest BCUT2D eigenvalue weighted by molar-refractivity contribution is -0.137. The quantitative estimate of drug-likeness (QED) is 0.269. The lowest BCUT2D eigenvalue weighted by atomic mass is 9.99. The predicted octanol–water partition coefficient (Wildman–Crippen LogP) is 3.84. The first kappa shape index (κ1) is 26.3. The number of hydrogen-bond acceptors (Lipinski definition) is 4. The van der Waals surface area contributed by atoms with Crippen molar-refractivity contribution in [3.05, 3.63) is 94.5 Å². The second-order valence-electron chi connectivity index (χ2n) is 9.55. The summed E-state index contributed by atoms with van der Waals surface area (Å²) in [6.45, 7) is 2.37. The summed E-state index contributed by atoms with van der Waals surface area (Å²) in [5.74, 6) is -0.978. The maximum atomic E-state index is 13.6. The number of hydrogen-bond donors (Lipinski definition) is 1. The Morgan fingerprint density at radius 2 is 1.54 bits per heavy atom. The Balaban J connectivity index is 1.82. The molecular formula is C30H30N2O4Si. The Labute approximate surface area is 220 Å². The molecule has 1 amide bonds. The summed E-state index contributed by atoms with van der Waals surface area (Å²) in [6, 6.07) is 21.6. The van der Waals surface area contributed by atoms with Gasteiger partial charge < -0.3 is 14.9 Å². The Kier molecular flexibility index (Phi) is 7.85. The van der Waals surface area contributed by atoms with Crippen LogP contribution in [0.25, 0.3) is 10.8 Å². The summed E-state index contributed by atoms with van der Waals surface area (Å²) in [4.78, 5) is 40.5. The van der Waals surface area contributed by atoms with Gasteiger partial charge in [-0.15, -0.1) is 0 Å². The van der Waals surface area contributed by atoms with Crippen LogP contribution in [0, 0.1) is 0 Å². The minimum atomic E-state index is -0.830. The van der Waals surface area contributed by atoms with E-state index in [2.05, 4.69) is 29.2 Å². The maximum Gasteiger partial charge on any atom is 0.303 e. The Morgan fingerprint density at radius 1 is 0.919 bits per heavy atom. The lowest BCUT2D eigenvalue weighted by Gasteiger charge is -2.14. The summed E-state index contributed by atoms with van der Waals surface area (Å²) in [5, 5.41) is 11.0. The largest absolute Gasteiger partial charge is 0.481 e. The van der Waals surface area contributed by atoms with Crippen molar-refractivity contribution >= 4 is 48.8 Å². The van der Waals surface area contributed by atoms with Gasteiger partial charge in [0.05, 0.1) is 5.69 Å². The number of ketones is 1. The molecule has 0 aliphatic carbocycles. The molecule has 0 aromatic heterocycles. The van der Waals surface area contributed by atoms with Gasteiger partial charge in [0.2, 0.25) is 0 Å². The smallest absolute Gasteiger partial charge is 0.303 e. The molecule has 6 nitrogen and oxygen atoms in total. The molecule has 0 saturated heterocycles. The topological polar surface area (TPSA) is 77.9 Å². The fraction of sp³-hybridized carbons (Fsp3) is 0.233. The predicted molar refractivity (Wildman–Crippen MR) is 148 cm³/mol. The first-order valence-electron chi connectivity index (χ1n) is 12.1. The summed E-state index contributed by atoms with van der Waals surface area (Å²) < 4.78 is 0. The van der Waals surface area contributed by atoms with E-state index in [0.717, 1.165) is 39.3 Å². The molecule has 0 atom stereocenters. The third kappa shape index (κ3) is 5.95. The maximum absolute atomic E-state index is 13.6. The molecule has 0 spiro atoms. The van der Waals surface area contributed by atoms with Crippen LogP contribution in [0.2, 0.25) is 0 Å². The molecule has 3 aromatic carbocycles. The molecule has 1 aliphatic rings. The van der Waals surface area contributed by atoms with Crippen LogP contribution in [0.5, 0.6) is 0 Å². The number of aliphatic carboxylic acids is 1. The fourth-order valence-corrected chi connectivity index (χ4v) is 5.75. The second-order valence-corrected chi connectivity index (χ2v) is 10.9. The lowest BCUT2D eigenvalue weighted by Crippen LogP contribution is -2.23. The number of carbonyl (C=O) groups excluding carboxylic acids is 2. The Hall–Kier alpha value is -3.81. The average molecular weight is 511 g/mol. The van der Waals surface area contributed by atoms with Crippen LogP contribution in [0.4, 0.5) is 5.69 Å². The van der Waals surface area contributed by atoms with Gasteiger partial charge in [-0.25, -0.2) is 0 Å². The van der Waals surface area contributed by atoms with E-state index in [0.29, 0.717) is 17.6 Å². The van der Waals surface area contributed by atoms with Gasteiger partial charge in [0.25, 0.3) is 5.91 Å². The molecule has 1 heterocycles. The first-order valence-corrected chi connectivity index (χ1v) is 13.1. The molecular weight excluding hydrogens is 480 g/mol. The highest BCUT2D eigenvalue weighted by molar-refractivity contribution is 6.77. The van der Waals surface area contributed by atoms with Gasteiger partial charge in [0.15, 0.2) is 5.78 Å². The zero-order chi connectivity index (χ0) is 26.7. The van der Waals surface area contributed by atoms with Crippen molar-refractivity contribution in [1.82, 2.24) is 4.90 Å². The number of rotatable bonds is 9. The minimum absolute atomic E-state index is 0.0487. The normalized spacial score (nSPS) is 14.2. The van der Waals surface area contributed by atoms with Gasteiger partial charge in [0.1, 0.15) is 9.52 Å². The number of amides is 1. The van der Waals surface area contributed by atoms with Gasteiger partial charge in [0, 0.05) is 36.7 Å². The minimum Gasteiger partial charge on any atom is -0.481 e. The van der Waals surface area contributed by atoms with E-state index >= 15 is 0 Å². The van der Waals surface area contributed by atoms with Crippen molar-refractivity contribution in [3.8, 4) is 0 Å². The molecule has 1 aliphatic heterocycles. The van der Waals surface area contributed by atoms with Gasteiger partial charge in [-0.2, -0.15) is 0 Å². The van der Waals surface area contributed by atoms with Crippen molar-refractivity contribution < 1.29 is 19.5 Å². The number of carboxylic acids is 1. The van der Waals surface area contributed by atoms with Crippen LogP contribution >= 0.6 is 0 Å². The van der Waals surface area contributed by atoms with Gasteiger partial charge >= 0.3 is 5.97 Å². The number of nitrogens with zero attached hydrogens (tertiary/aromatic N) is 2. The van der Waals surface area contributed by atoms with E-state index in [9.17, 15) is 14.4 Å². The van der Waals surface area contributed by atoms with E-state index in [-0.39, 0.29) is 27.6 Å². The van der Waals surface area contributed by atoms with E-state index in [1.165, 1.54) is 12.5 Å². The summed E-state index contributed by atoms with van der Waals surface area (Å²) >= 11 is 0. The van der Waals surface area contributed by atoms with Gasteiger partial charge in [-0.1, -0.05) is 53.7 Å². The zero-order valence-electron chi connectivity index (χ0n) is 21.5. The molecule has 1 N–H and O–H groups in total. The van der Waals surface area contributed by atoms with Crippen molar-refractivity contribution in [1.29, 1.82) is 0 Å². The van der Waals surface area contributed by atoms with Crippen molar-refractivity contribution in [2.24, 2.45) is 0 Å². The van der Waals surface area contributed by atoms with Crippen LogP contribution in [-0.2, 0) is 22.6 Å². The van der Waals surface area contributed by atoms with Crippen LogP contribution in [-0.4, -0.2) is 58.3 Å². The Bertz CT molecular complexity index is 1380. The van der Waals surface area contributed by atoms with Crippen molar-refractivity contribution in [2.75, 3.05) is 26.0 Å². The van der Waals surface area contributed by atoms with Gasteiger partial charge in [-0.05, 0) is 67.5 Å². The van der Waals surface area contributed by atoms with E-state index in [4.69, 9.17) is 5.11 Å². The zero-order valence-corrected chi connectivity index (χ0v) is 22.5. The standard InChI is InChI=1S/C30H30N2O4Si/c1-19(33)23-12-15-26-25(17-23)28(30(36)32(26)4)29(22-10-5-20(6-11-22)9-16-27(34)35)37-24-13-7-21(8-14-24)18-31(2)3/h5-8,10-15,17H,9,16,18H2,1-4H3,(H,34,35)/b29-28-. The number of carbonyl (C=O) groups is 3. The molecule has 0 unspecified atom stereocenters. The molecule has 0 bridgehead atoms. The average Bonchev–Trinajstić information content (AvgIpc) is 3.11. The number of Topliss-reactive ketones (excluding diaryl/α,β-unsaturated/α-hetero) is 1.